The Morgan fingerprint density at radius 3 is 3.12 bits per heavy atom. The van der Waals surface area contributed by atoms with Crippen LogP contribution >= 0.6 is 0 Å². The van der Waals surface area contributed by atoms with Gasteiger partial charge in [-0.1, -0.05) is 6.08 Å². The van der Waals surface area contributed by atoms with Gasteiger partial charge in [-0.15, -0.1) is 0 Å². The first kappa shape index (κ1) is 10.1. The highest BCUT2D eigenvalue weighted by Crippen LogP contribution is 2.23. The fraction of sp³-hybridized carbons (Fsp3) is 0.364. The Balaban J connectivity index is 2.34. The van der Waals surface area contributed by atoms with Crippen LogP contribution in [0.3, 0.4) is 0 Å². The minimum Gasteiger partial charge on any atom is -0.358 e. The first-order chi connectivity index (χ1) is 8.31. The average Bonchev–Trinajstić information content (AvgIpc) is 2.98. The summed E-state index contributed by atoms with van der Waals surface area (Å²) in [6.07, 6.45) is 6.60. The van der Waals surface area contributed by atoms with E-state index in [2.05, 4.69) is 26.3 Å². The maximum Gasteiger partial charge on any atom is 0.285 e. The third kappa shape index (κ3) is 1.44. The van der Waals surface area contributed by atoms with Crippen LogP contribution in [0.1, 0.15) is 19.3 Å². The molecule has 0 spiro atoms. The van der Waals surface area contributed by atoms with Crippen molar-refractivity contribution in [2.75, 3.05) is 12.4 Å². The monoisotopic (exact) mass is 231 g/mol. The largest absolute Gasteiger partial charge is 0.358 e. The van der Waals surface area contributed by atoms with Crippen LogP contribution in [-0.2, 0) is 0 Å². The van der Waals surface area contributed by atoms with Crippen molar-refractivity contribution in [2.24, 2.45) is 0 Å². The molecular weight excluding hydrogens is 218 g/mol. The second kappa shape index (κ2) is 3.73. The van der Waals surface area contributed by atoms with Gasteiger partial charge in [0, 0.05) is 12.7 Å². The second-order valence-electron chi connectivity index (χ2n) is 4.01. The summed E-state index contributed by atoms with van der Waals surface area (Å²) in [6.45, 7) is 0. The Morgan fingerprint density at radius 2 is 2.41 bits per heavy atom. The lowest BCUT2D eigenvalue weighted by molar-refractivity contribution is 0.885. The number of anilines is 1. The fourth-order valence-corrected chi connectivity index (χ4v) is 2.18. The molecule has 0 unspecified atom stereocenters. The van der Waals surface area contributed by atoms with Gasteiger partial charge in [0.05, 0.1) is 6.33 Å². The molecule has 0 bridgehead atoms. The summed E-state index contributed by atoms with van der Waals surface area (Å²) in [5.74, 6) is 0.544. The number of H-pyrrole nitrogens is 1. The van der Waals surface area contributed by atoms with E-state index in [1.165, 1.54) is 6.33 Å². The highest BCUT2D eigenvalue weighted by Gasteiger charge is 2.16. The zero-order valence-electron chi connectivity index (χ0n) is 9.53. The summed E-state index contributed by atoms with van der Waals surface area (Å²) < 4.78 is 1.63. The molecule has 2 heterocycles. The van der Waals surface area contributed by atoms with E-state index in [1.807, 2.05) is 0 Å². The van der Waals surface area contributed by atoms with E-state index in [1.54, 1.807) is 11.6 Å². The van der Waals surface area contributed by atoms with Gasteiger partial charge < -0.3 is 10.3 Å². The third-order valence-electron chi connectivity index (χ3n) is 2.99. The number of fused-ring (bicyclic) bond motifs is 1. The van der Waals surface area contributed by atoms with Crippen molar-refractivity contribution in [2.45, 2.75) is 19.3 Å². The lowest BCUT2D eigenvalue weighted by atomic mass is 10.3. The van der Waals surface area contributed by atoms with Crippen molar-refractivity contribution in [1.29, 1.82) is 0 Å². The predicted molar refractivity (Wildman–Crippen MR) is 65.8 cm³/mol. The lowest BCUT2D eigenvalue weighted by Crippen LogP contribution is -2.23. The number of rotatable bonds is 2. The molecule has 3 rings (SSSR count). The van der Waals surface area contributed by atoms with Crippen molar-refractivity contribution >= 4 is 22.8 Å². The van der Waals surface area contributed by atoms with Gasteiger partial charge in [0.1, 0.15) is 0 Å². The SMILES string of the molecule is CNc1nc2nc[nH]c2c(=O)n1C1=CCCC1. The topological polar surface area (TPSA) is 75.6 Å². The van der Waals surface area contributed by atoms with Crippen LogP contribution in [0.25, 0.3) is 16.9 Å². The minimum absolute atomic E-state index is 0.0926. The quantitative estimate of drug-likeness (QED) is 0.814. The smallest absolute Gasteiger partial charge is 0.285 e. The Kier molecular flexibility index (Phi) is 2.21. The van der Waals surface area contributed by atoms with Gasteiger partial charge in [-0.05, 0) is 19.3 Å². The molecule has 6 heteroatoms. The van der Waals surface area contributed by atoms with E-state index in [0.29, 0.717) is 17.1 Å². The third-order valence-corrected chi connectivity index (χ3v) is 2.99. The lowest BCUT2D eigenvalue weighted by Gasteiger charge is -2.11. The van der Waals surface area contributed by atoms with Crippen molar-refractivity contribution in [3.05, 3.63) is 22.8 Å². The van der Waals surface area contributed by atoms with Crippen LogP contribution in [0.4, 0.5) is 5.95 Å². The molecule has 0 fully saturated rings. The van der Waals surface area contributed by atoms with E-state index in [4.69, 9.17) is 0 Å². The molecule has 1 aliphatic rings. The van der Waals surface area contributed by atoms with Crippen LogP contribution in [0, 0.1) is 0 Å². The van der Waals surface area contributed by atoms with Crippen LogP contribution in [0.2, 0.25) is 0 Å². The molecule has 17 heavy (non-hydrogen) atoms. The molecule has 0 aromatic carbocycles. The van der Waals surface area contributed by atoms with Crippen molar-refractivity contribution in [1.82, 2.24) is 19.5 Å². The van der Waals surface area contributed by atoms with Gasteiger partial charge in [-0.3, -0.25) is 4.79 Å². The number of allylic oxidation sites excluding steroid dienone is 2. The molecule has 0 aliphatic heterocycles. The zero-order valence-corrected chi connectivity index (χ0v) is 9.53. The number of hydrogen-bond acceptors (Lipinski definition) is 4. The van der Waals surface area contributed by atoms with Gasteiger partial charge in [-0.2, -0.15) is 4.98 Å². The number of nitrogens with one attached hydrogen (secondary N) is 2. The molecule has 1 aliphatic carbocycles. The fourth-order valence-electron chi connectivity index (χ4n) is 2.18. The summed E-state index contributed by atoms with van der Waals surface area (Å²) in [5, 5.41) is 2.95. The Morgan fingerprint density at radius 1 is 1.53 bits per heavy atom. The molecule has 0 atom stereocenters. The van der Waals surface area contributed by atoms with E-state index in [9.17, 15) is 4.79 Å². The second-order valence-corrected chi connectivity index (χ2v) is 4.01. The number of hydrogen-bond donors (Lipinski definition) is 2. The Bertz CT molecular complexity index is 651. The number of imidazole rings is 1. The summed E-state index contributed by atoms with van der Waals surface area (Å²) in [5.41, 5.74) is 1.83. The van der Waals surface area contributed by atoms with Crippen LogP contribution in [0.5, 0.6) is 0 Å². The summed E-state index contributed by atoms with van der Waals surface area (Å²) in [4.78, 5) is 23.5. The molecule has 0 amide bonds. The van der Waals surface area contributed by atoms with Gasteiger partial charge in [0.25, 0.3) is 5.56 Å². The van der Waals surface area contributed by atoms with Gasteiger partial charge in [0.2, 0.25) is 5.95 Å². The molecule has 0 saturated heterocycles. The number of aromatic nitrogens is 4. The Labute approximate surface area is 97.4 Å². The normalized spacial score (nSPS) is 15.2. The summed E-state index contributed by atoms with van der Waals surface area (Å²) in [6, 6.07) is 0. The Hall–Kier alpha value is -2.11. The molecule has 0 radical (unpaired) electrons. The van der Waals surface area contributed by atoms with Crippen LogP contribution in [0.15, 0.2) is 17.2 Å². The standard InChI is InChI=1S/C11H13N5O/c1-12-11-15-9-8(13-6-14-9)10(17)16(11)7-4-2-3-5-7/h4,6H,2-3,5H2,1H3,(H,12,15)(H,13,14). The average molecular weight is 231 g/mol. The maximum atomic E-state index is 12.3. The molecule has 2 N–H and O–H groups in total. The highest BCUT2D eigenvalue weighted by atomic mass is 16.1. The molecule has 2 aromatic rings. The summed E-state index contributed by atoms with van der Waals surface area (Å²) in [7, 11) is 1.76. The van der Waals surface area contributed by atoms with E-state index < -0.39 is 0 Å². The first-order valence-electron chi connectivity index (χ1n) is 5.64. The molecule has 0 saturated carbocycles. The van der Waals surface area contributed by atoms with Gasteiger partial charge >= 0.3 is 0 Å². The molecule has 2 aromatic heterocycles. The molecular formula is C11H13N5O. The first-order valence-corrected chi connectivity index (χ1v) is 5.64. The predicted octanol–water partition coefficient (Wildman–Crippen LogP) is 1.19. The summed E-state index contributed by atoms with van der Waals surface area (Å²) >= 11 is 0. The highest BCUT2D eigenvalue weighted by molar-refractivity contribution is 5.72. The van der Waals surface area contributed by atoms with Gasteiger partial charge in [-0.25, -0.2) is 9.55 Å². The zero-order chi connectivity index (χ0) is 11.8. The van der Waals surface area contributed by atoms with Crippen LogP contribution in [-0.4, -0.2) is 26.6 Å². The van der Waals surface area contributed by atoms with Gasteiger partial charge in [0.15, 0.2) is 11.2 Å². The van der Waals surface area contributed by atoms with E-state index in [-0.39, 0.29) is 5.56 Å². The van der Waals surface area contributed by atoms with Crippen molar-refractivity contribution in [3.63, 3.8) is 0 Å². The molecule has 88 valence electrons. The number of aromatic amines is 1. The van der Waals surface area contributed by atoms with E-state index in [0.717, 1.165) is 25.0 Å². The number of nitrogens with zero attached hydrogens (tertiary/aromatic N) is 3. The maximum absolute atomic E-state index is 12.3. The van der Waals surface area contributed by atoms with Crippen LogP contribution < -0.4 is 10.9 Å². The molecule has 6 nitrogen and oxygen atoms in total. The minimum atomic E-state index is -0.0926. The van der Waals surface area contributed by atoms with Crippen molar-refractivity contribution < 1.29 is 0 Å². The van der Waals surface area contributed by atoms with Crippen molar-refractivity contribution in [3.8, 4) is 0 Å². The van der Waals surface area contributed by atoms with E-state index >= 15 is 0 Å².